The molecule has 0 aliphatic heterocycles. The Bertz CT molecular complexity index is 406. The van der Waals surface area contributed by atoms with E-state index < -0.39 is 0 Å². The fraction of sp³-hybridized carbons (Fsp3) is 0.625. The van der Waals surface area contributed by atoms with Gasteiger partial charge in [-0.05, 0) is 50.2 Å². The van der Waals surface area contributed by atoms with E-state index in [1.54, 1.807) is 11.1 Å². The summed E-state index contributed by atoms with van der Waals surface area (Å²) in [6, 6.07) is 8.23. The number of fused-ring (bicyclic) bond motifs is 1. The molecule has 1 aromatic rings. The van der Waals surface area contributed by atoms with Crippen molar-refractivity contribution in [2.24, 2.45) is 5.92 Å². The van der Waals surface area contributed by atoms with Crippen LogP contribution in [0.15, 0.2) is 18.2 Å². The van der Waals surface area contributed by atoms with Crippen LogP contribution in [-0.2, 0) is 6.42 Å². The molecule has 92 valence electrons. The molecule has 0 spiro atoms. The zero-order chi connectivity index (χ0) is 11.8. The summed E-state index contributed by atoms with van der Waals surface area (Å²) >= 11 is 0. The molecule has 0 saturated heterocycles. The smallest absolute Gasteiger partial charge is 0.0328 e. The lowest BCUT2D eigenvalue weighted by Crippen LogP contribution is -2.29. The number of nitrogens with one attached hydrogen (secondary N) is 1. The van der Waals surface area contributed by atoms with E-state index in [0.717, 1.165) is 5.92 Å². The van der Waals surface area contributed by atoms with Crippen molar-refractivity contribution in [1.82, 2.24) is 5.32 Å². The predicted molar refractivity (Wildman–Crippen MR) is 72.2 cm³/mol. The maximum atomic E-state index is 3.83. The molecule has 0 amide bonds. The van der Waals surface area contributed by atoms with E-state index in [1.165, 1.54) is 37.7 Å². The number of benzene rings is 1. The highest BCUT2D eigenvalue weighted by Crippen LogP contribution is 2.36. The Kier molecular flexibility index (Phi) is 2.96. The van der Waals surface area contributed by atoms with Crippen LogP contribution in [0.1, 0.15) is 55.3 Å². The highest BCUT2D eigenvalue weighted by Gasteiger charge is 2.27. The molecule has 17 heavy (non-hydrogen) atoms. The van der Waals surface area contributed by atoms with Crippen molar-refractivity contribution in [3.05, 3.63) is 34.9 Å². The summed E-state index contributed by atoms with van der Waals surface area (Å²) in [5.41, 5.74) is 4.52. The summed E-state index contributed by atoms with van der Waals surface area (Å²) in [5.74, 6) is 1.02. The van der Waals surface area contributed by atoms with Gasteiger partial charge in [-0.25, -0.2) is 0 Å². The second-order valence-electron chi connectivity index (χ2n) is 6.04. The van der Waals surface area contributed by atoms with Gasteiger partial charge < -0.3 is 5.32 Å². The minimum atomic E-state index is 0.610. The lowest BCUT2D eigenvalue weighted by atomic mass is 10.0. The van der Waals surface area contributed by atoms with Gasteiger partial charge in [-0.1, -0.05) is 36.6 Å². The maximum absolute atomic E-state index is 3.83. The highest BCUT2D eigenvalue weighted by molar-refractivity contribution is 5.37. The fourth-order valence-corrected chi connectivity index (χ4v) is 3.16. The van der Waals surface area contributed by atoms with E-state index in [-0.39, 0.29) is 0 Å². The molecule has 1 fully saturated rings. The molecule has 2 aliphatic carbocycles. The normalized spacial score (nSPS) is 24.7. The molecular weight excluding hydrogens is 206 g/mol. The summed E-state index contributed by atoms with van der Waals surface area (Å²) in [6.45, 7) is 4.55. The zero-order valence-electron chi connectivity index (χ0n) is 11.0. The monoisotopic (exact) mass is 229 g/mol. The fourth-order valence-electron chi connectivity index (χ4n) is 3.16. The van der Waals surface area contributed by atoms with Crippen molar-refractivity contribution in [3.63, 3.8) is 0 Å². The molecule has 3 rings (SSSR count). The van der Waals surface area contributed by atoms with Crippen LogP contribution in [0.2, 0.25) is 0 Å². The average Bonchev–Trinajstić information content (AvgIpc) is 3.01. The molecular formula is C16H23N. The van der Waals surface area contributed by atoms with Gasteiger partial charge in [0.25, 0.3) is 0 Å². The minimum Gasteiger partial charge on any atom is -0.307 e. The summed E-state index contributed by atoms with van der Waals surface area (Å²) in [5, 5.41) is 3.83. The molecule has 0 heterocycles. The van der Waals surface area contributed by atoms with Gasteiger partial charge in [0.2, 0.25) is 0 Å². The van der Waals surface area contributed by atoms with E-state index in [1.807, 2.05) is 0 Å². The average molecular weight is 229 g/mol. The first-order valence-electron chi connectivity index (χ1n) is 7.08. The molecule has 1 N–H and O–H groups in total. The predicted octanol–water partition coefficient (Wildman–Crippen LogP) is 3.76. The lowest BCUT2D eigenvalue weighted by molar-refractivity contribution is 0.419. The Hall–Kier alpha value is -0.820. The minimum absolute atomic E-state index is 0.610. The van der Waals surface area contributed by atoms with E-state index in [0.29, 0.717) is 12.1 Å². The number of hydrogen-bond acceptors (Lipinski definition) is 1. The molecule has 1 aromatic carbocycles. The Balaban J connectivity index is 1.67. The van der Waals surface area contributed by atoms with Gasteiger partial charge in [-0.15, -0.1) is 0 Å². The molecule has 1 heteroatoms. The number of hydrogen-bond donors (Lipinski definition) is 1. The molecule has 0 radical (unpaired) electrons. The van der Waals surface area contributed by atoms with Crippen LogP contribution in [0.25, 0.3) is 0 Å². The van der Waals surface area contributed by atoms with Gasteiger partial charge >= 0.3 is 0 Å². The van der Waals surface area contributed by atoms with Gasteiger partial charge in [-0.2, -0.15) is 0 Å². The van der Waals surface area contributed by atoms with Gasteiger partial charge in [0.05, 0.1) is 0 Å². The molecule has 1 nitrogen and oxygen atoms in total. The third-order valence-corrected chi connectivity index (χ3v) is 4.25. The summed E-state index contributed by atoms with van der Waals surface area (Å²) in [4.78, 5) is 0. The molecule has 2 unspecified atom stereocenters. The SMILES string of the molecule is Cc1ccc2c(c1)C(NC(C)CC1CC1)CC2. The van der Waals surface area contributed by atoms with Crippen molar-refractivity contribution in [2.75, 3.05) is 0 Å². The second kappa shape index (κ2) is 4.45. The highest BCUT2D eigenvalue weighted by atomic mass is 14.9. The Morgan fingerprint density at radius 1 is 1.29 bits per heavy atom. The van der Waals surface area contributed by atoms with Crippen molar-refractivity contribution in [3.8, 4) is 0 Å². The topological polar surface area (TPSA) is 12.0 Å². The summed E-state index contributed by atoms with van der Waals surface area (Å²) in [7, 11) is 0. The van der Waals surface area contributed by atoms with Crippen LogP contribution in [-0.4, -0.2) is 6.04 Å². The van der Waals surface area contributed by atoms with Crippen LogP contribution < -0.4 is 5.32 Å². The summed E-state index contributed by atoms with van der Waals surface area (Å²) in [6.07, 6.45) is 6.84. The van der Waals surface area contributed by atoms with Crippen molar-refractivity contribution < 1.29 is 0 Å². The molecule has 2 aliphatic rings. The van der Waals surface area contributed by atoms with Crippen LogP contribution in [0.3, 0.4) is 0 Å². The van der Waals surface area contributed by atoms with Gasteiger partial charge in [0.15, 0.2) is 0 Å². The van der Waals surface area contributed by atoms with Crippen LogP contribution in [0, 0.1) is 12.8 Å². The first kappa shape index (κ1) is 11.3. The van der Waals surface area contributed by atoms with E-state index >= 15 is 0 Å². The third kappa shape index (κ3) is 2.55. The standard InChI is InChI=1S/C16H23N/c1-11-3-6-14-7-8-16(15(14)9-11)17-12(2)10-13-4-5-13/h3,6,9,12-13,16-17H,4-5,7-8,10H2,1-2H3. The Morgan fingerprint density at radius 3 is 2.88 bits per heavy atom. The van der Waals surface area contributed by atoms with Crippen molar-refractivity contribution in [1.29, 1.82) is 0 Å². The van der Waals surface area contributed by atoms with Crippen LogP contribution >= 0.6 is 0 Å². The van der Waals surface area contributed by atoms with Gasteiger partial charge in [0.1, 0.15) is 0 Å². The van der Waals surface area contributed by atoms with Crippen molar-refractivity contribution in [2.45, 2.75) is 58.0 Å². The van der Waals surface area contributed by atoms with Gasteiger partial charge in [-0.3, -0.25) is 0 Å². The largest absolute Gasteiger partial charge is 0.307 e. The molecule has 0 bridgehead atoms. The molecule has 2 atom stereocenters. The third-order valence-electron chi connectivity index (χ3n) is 4.25. The Morgan fingerprint density at radius 2 is 2.12 bits per heavy atom. The number of rotatable bonds is 4. The maximum Gasteiger partial charge on any atom is 0.0328 e. The van der Waals surface area contributed by atoms with Crippen LogP contribution in [0.4, 0.5) is 0 Å². The summed E-state index contributed by atoms with van der Waals surface area (Å²) < 4.78 is 0. The lowest BCUT2D eigenvalue weighted by Gasteiger charge is -2.20. The van der Waals surface area contributed by atoms with E-state index in [2.05, 4.69) is 37.4 Å². The second-order valence-corrected chi connectivity index (χ2v) is 6.04. The van der Waals surface area contributed by atoms with Gasteiger partial charge in [0, 0.05) is 12.1 Å². The van der Waals surface area contributed by atoms with E-state index in [4.69, 9.17) is 0 Å². The van der Waals surface area contributed by atoms with Crippen LogP contribution in [0.5, 0.6) is 0 Å². The first-order chi connectivity index (χ1) is 8.22. The van der Waals surface area contributed by atoms with Crippen molar-refractivity contribution >= 4 is 0 Å². The zero-order valence-corrected chi connectivity index (χ0v) is 11.0. The molecule has 1 saturated carbocycles. The quantitative estimate of drug-likeness (QED) is 0.829. The first-order valence-corrected chi connectivity index (χ1v) is 7.08. The molecule has 0 aromatic heterocycles. The van der Waals surface area contributed by atoms with E-state index in [9.17, 15) is 0 Å². The Labute approximate surface area is 105 Å². The number of aryl methyl sites for hydroxylation is 2.